The van der Waals surface area contributed by atoms with Gasteiger partial charge in [-0.25, -0.2) is 4.98 Å². The van der Waals surface area contributed by atoms with Crippen molar-refractivity contribution in [3.63, 3.8) is 0 Å². The van der Waals surface area contributed by atoms with Crippen molar-refractivity contribution in [2.45, 2.75) is 19.0 Å². The number of carbonyl (C=O) groups excluding carboxylic acids is 2. The summed E-state index contributed by atoms with van der Waals surface area (Å²) in [6.07, 6.45) is -2.24. The van der Waals surface area contributed by atoms with Crippen LogP contribution in [0.1, 0.15) is 23.2 Å². The van der Waals surface area contributed by atoms with Crippen LogP contribution in [0.5, 0.6) is 5.88 Å². The molecule has 0 spiro atoms. The molecule has 6 nitrogen and oxygen atoms in total. The molecule has 1 saturated heterocycles. The Balaban J connectivity index is 2.04. The van der Waals surface area contributed by atoms with Gasteiger partial charge < -0.3 is 15.0 Å². The summed E-state index contributed by atoms with van der Waals surface area (Å²) in [4.78, 5) is 29.3. The van der Waals surface area contributed by atoms with Crippen LogP contribution in [0.25, 0.3) is 0 Å². The smallest absolute Gasteiger partial charge is 0.422 e. The van der Waals surface area contributed by atoms with Gasteiger partial charge in [-0.3, -0.25) is 9.59 Å². The first kappa shape index (κ1) is 18.0. The molecule has 1 aliphatic heterocycles. The number of pyridine rings is 1. The maximum Gasteiger partial charge on any atom is 0.422 e. The quantitative estimate of drug-likeness (QED) is 0.900. The number of alkyl halides is 3. The summed E-state index contributed by atoms with van der Waals surface area (Å²) in [5.41, 5.74) is -0.0138. The van der Waals surface area contributed by atoms with Crippen LogP contribution in [-0.4, -0.2) is 54.6 Å². The van der Waals surface area contributed by atoms with Gasteiger partial charge in [-0.05, 0) is 25.0 Å². The van der Waals surface area contributed by atoms with Crippen LogP contribution in [0.4, 0.5) is 13.2 Å². The summed E-state index contributed by atoms with van der Waals surface area (Å²) in [7, 11) is 1.56. The molecule has 1 N–H and O–H groups in total. The molecular formula is C15H18F3N3O3. The molecule has 132 valence electrons. The summed E-state index contributed by atoms with van der Waals surface area (Å²) < 4.78 is 41.5. The number of halogens is 3. The van der Waals surface area contributed by atoms with Gasteiger partial charge >= 0.3 is 6.18 Å². The summed E-state index contributed by atoms with van der Waals surface area (Å²) in [5, 5.41) is 2.57. The number of hydrogen-bond acceptors (Lipinski definition) is 4. The molecule has 1 aromatic rings. The van der Waals surface area contributed by atoms with Crippen molar-refractivity contribution in [2.24, 2.45) is 5.92 Å². The second kappa shape index (κ2) is 7.50. The highest BCUT2D eigenvalue weighted by molar-refractivity contribution is 5.96. The third-order valence-corrected chi connectivity index (χ3v) is 3.77. The van der Waals surface area contributed by atoms with Gasteiger partial charge in [0, 0.05) is 32.3 Å². The third-order valence-electron chi connectivity index (χ3n) is 3.77. The Labute approximate surface area is 137 Å². The van der Waals surface area contributed by atoms with Crippen LogP contribution in [0, 0.1) is 5.92 Å². The van der Waals surface area contributed by atoms with E-state index in [1.165, 1.54) is 23.2 Å². The minimum absolute atomic E-state index is 0.0138. The first-order chi connectivity index (χ1) is 11.3. The molecule has 0 aromatic carbocycles. The van der Waals surface area contributed by atoms with Gasteiger partial charge in [-0.1, -0.05) is 0 Å². The highest BCUT2D eigenvalue weighted by Crippen LogP contribution is 2.24. The zero-order valence-corrected chi connectivity index (χ0v) is 13.1. The fraction of sp³-hybridized carbons (Fsp3) is 0.533. The predicted molar refractivity (Wildman–Crippen MR) is 78.5 cm³/mol. The fourth-order valence-electron chi connectivity index (χ4n) is 2.54. The largest absolute Gasteiger partial charge is 0.467 e. The Hall–Kier alpha value is -2.32. The van der Waals surface area contributed by atoms with E-state index in [1.54, 1.807) is 7.05 Å². The number of rotatable bonds is 4. The molecule has 24 heavy (non-hydrogen) atoms. The number of likely N-dealkylation sites (tertiary alicyclic amines) is 1. The van der Waals surface area contributed by atoms with E-state index in [2.05, 4.69) is 15.0 Å². The van der Waals surface area contributed by atoms with Gasteiger partial charge in [0.2, 0.25) is 11.8 Å². The zero-order chi connectivity index (χ0) is 17.7. The Morgan fingerprint density at radius 1 is 1.38 bits per heavy atom. The molecule has 1 fully saturated rings. The topological polar surface area (TPSA) is 71.5 Å². The lowest BCUT2D eigenvalue weighted by atomic mass is 9.95. The van der Waals surface area contributed by atoms with E-state index in [9.17, 15) is 22.8 Å². The number of nitrogens with one attached hydrogen (secondary N) is 1. The predicted octanol–water partition coefficient (Wildman–Crippen LogP) is 1.62. The van der Waals surface area contributed by atoms with Crippen LogP contribution < -0.4 is 10.1 Å². The lowest BCUT2D eigenvalue weighted by Crippen LogP contribution is -2.42. The van der Waals surface area contributed by atoms with Crippen LogP contribution in [0.15, 0.2) is 18.3 Å². The molecule has 9 heteroatoms. The SMILES string of the molecule is CNC(=O)C1CCN(C(=O)c2cccnc2OCC(F)(F)F)CC1. The van der Waals surface area contributed by atoms with E-state index >= 15 is 0 Å². The maximum atomic E-state index is 12.5. The Bertz CT molecular complexity index is 599. The second-order valence-corrected chi connectivity index (χ2v) is 5.44. The minimum Gasteiger partial charge on any atom is -0.467 e. The molecule has 0 aliphatic carbocycles. The van der Waals surface area contributed by atoms with Crippen molar-refractivity contribution in [3.8, 4) is 5.88 Å². The van der Waals surface area contributed by atoms with Crippen molar-refractivity contribution in [1.29, 1.82) is 0 Å². The molecule has 2 heterocycles. The average molecular weight is 345 g/mol. The Morgan fingerprint density at radius 3 is 2.62 bits per heavy atom. The van der Waals surface area contributed by atoms with E-state index in [4.69, 9.17) is 0 Å². The zero-order valence-electron chi connectivity index (χ0n) is 13.1. The maximum absolute atomic E-state index is 12.5. The number of aromatic nitrogens is 1. The molecule has 0 unspecified atom stereocenters. The lowest BCUT2D eigenvalue weighted by molar-refractivity contribution is -0.154. The second-order valence-electron chi connectivity index (χ2n) is 5.44. The van der Waals surface area contributed by atoms with Crippen molar-refractivity contribution >= 4 is 11.8 Å². The van der Waals surface area contributed by atoms with Crippen molar-refractivity contribution < 1.29 is 27.5 Å². The summed E-state index contributed by atoms with van der Waals surface area (Å²) in [6, 6.07) is 2.84. The van der Waals surface area contributed by atoms with E-state index in [-0.39, 0.29) is 23.3 Å². The number of carbonyl (C=O) groups is 2. The van der Waals surface area contributed by atoms with Crippen LogP contribution in [0.3, 0.4) is 0 Å². The van der Waals surface area contributed by atoms with Crippen LogP contribution >= 0.6 is 0 Å². The highest BCUT2D eigenvalue weighted by Gasteiger charge is 2.31. The van der Waals surface area contributed by atoms with Crippen LogP contribution in [0.2, 0.25) is 0 Å². The Kier molecular flexibility index (Phi) is 5.63. The molecule has 0 bridgehead atoms. The van der Waals surface area contributed by atoms with Gasteiger partial charge in [0.1, 0.15) is 5.56 Å². The summed E-state index contributed by atoms with van der Waals surface area (Å²) in [5.74, 6) is -1.02. The number of nitrogens with zero attached hydrogens (tertiary/aromatic N) is 2. The van der Waals surface area contributed by atoms with Crippen molar-refractivity contribution in [2.75, 3.05) is 26.7 Å². The van der Waals surface area contributed by atoms with Crippen LogP contribution in [-0.2, 0) is 4.79 Å². The number of piperidine rings is 1. The van der Waals surface area contributed by atoms with Gasteiger partial charge in [-0.15, -0.1) is 0 Å². The molecule has 0 saturated carbocycles. The molecule has 0 radical (unpaired) electrons. The van der Waals surface area contributed by atoms with E-state index in [1.807, 2.05) is 0 Å². The standard InChI is InChI=1S/C15H18F3N3O3/c1-19-12(22)10-4-7-21(8-5-10)14(23)11-3-2-6-20-13(11)24-9-15(16,17)18/h2-3,6,10H,4-5,7-9H2,1H3,(H,19,22). The monoisotopic (exact) mass is 345 g/mol. The number of ether oxygens (including phenoxy) is 1. The minimum atomic E-state index is -4.51. The molecular weight excluding hydrogens is 327 g/mol. The fourth-order valence-corrected chi connectivity index (χ4v) is 2.54. The normalized spacial score (nSPS) is 15.9. The van der Waals surface area contributed by atoms with Gasteiger partial charge in [-0.2, -0.15) is 13.2 Å². The number of amides is 2. The molecule has 0 atom stereocenters. The summed E-state index contributed by atoms with van der Waals surface area (Å²) in [6.45, 7) is -0.807. The van der Waals surface area contributed by atoms with Crippen molar-refractivity contribution in [3.05, 3.63) is 23.9 Å². The average Bonchev–Trinajstić information content (AvgIpc) is 2.58. The van der Waals surface area contributed by atoms with Gasteiger partial charge in [0.05, 0.1) is 0 Å². The van der Waals surface area contributed by atoms with Gasteiger partial charge in [0.15, 0.2) is 6.61 Å². The first-order valence-corrected chi connectivity index (χ1v) is 7.47. The molecule has 2 amide bonds. The van der Waals surface area contributed by atoms with E-state index < -0.39 is 18.7 Å². The summed E-state index contributed by atoms with van der Waals surface area (Å²) >= 11 is 0. The third kappa shape index (κ3) is 4.59. The molecule has 2 rings (SSSR count). The first-order valence-electron chi connectivity index (χ1n) is 7.47. The molecule has 1 aliphatic rings. The lowest BCUT2D eigenvalue weighted by Gasteiger charge is -2.31. The Morgan fingerprint density at radius 2 is 2.04 bits per heavy atom. The van der Waals surface area contributed by atoms with E-state index in [0.717, 1.165) is 0 Å². The van der Waals surface area contributed by atoms with E-state index in [0.29, 0.717) is 25.9 Å². The molecule has 1 aromatic heterocycles. The van der Waals surface area contributed by atoms with Gasteiger partial charge in [0.25, 0.3) is 5.91 Å². The highest BCUT2D eigenvalue weighted by atomic mass is 19.4. The van der Waals surface area contributed by atoms with Crippen molar-refractivity contribution in [1.82, 2.24) is 15.2 Å². The number of hydrogen-bond donors (Lipinski definition) is 1.